The van der Waals surface area contributed by atoms with Crippen LogP contribution in [0.4, 0.5) is 0 Å². The molecule has 8 heteroatoms. The molecule has 0 atom stereocenters. The summed E-state index contributed by atoms with van der Waals surface area (Å²) in [6.45, 7) is 6.91. The average molecular weight is 546 g/mol. The van der Waals surface area contributed by atoms with Crippen molar-refractivity contribution in [1.82, 2.24) is 20.0 Å². The van der Waals surface area contributed by atoms with E-state index < -0.39 is 0 Å². The molecule has 0 radical (unpaired) electrons. The summed E-state index contributed by atoms with van der Waals surface area (Å²) in [4.78, 5) is 23.5. The highest BCUT2D eigenvalue weighted by molar-refractivity contribution is 14.0. The maximum Gasteiger partial charge on any atom is 0.236 e. The molecular weight excluding hydrogens is 513 g/mol. The van der Waals surface area contributed by atoms with Crippen LogP contribution >= 0.6 is 35.6 Å². The minimum absolute atomic E-state index is 0. The van der Waals surface area contributed by atoms with E-state index in [-0.39, 0.29) is 35.3 Å². The molecule has 1 N–H and O–H groups in total. The number of aliphatic imine (C=N–C) groups is 1. The van der Waals surface area contributed by atoms with Gasteiger partial charge >= 0.3 is 0 Å². The van der Waals surface area contributed by atoms with Gasteiger partial charge in [-0.25, -0.2) is 0 Å². The molecule has 4 rings (SSSR count). The van der Waals surface area contributed by atoms with Crippen molar-refractivity contribution in [3.8, 4) is 0 Å². The maximum absolute atomic E-state index is 12.4. The Labute approximate surface area is 202 Å². The van der Waals surface area contributed by atoms with Crippen LogP contribution in [-0.4, -0.2) is 86.0 Å². The first-order valence-corrected chi connectivity index (χ1v) is 11.2. The van der Waals surface area contributed by atoms with Crippen LogP contribution in [0.3, 0.4) is 0 Å². The lowest BCUT2D eigenvalue weighted by Gasteiger charge is -2.37. The molecule has 3 fully saturated rings. The number of carbonyl (C=O) groups is 1. The van der Waals surface area contributed by atoms with Crippen molar-refractivity contribution in [2.45, 2.75) is 31.1 Å². The summed E-state index contributed by atoms with van der Waals surface area (Å²) in [6, 6.07) is 8.24. The van der Waals surface area contributed by atoms with Crippen LogP contribution in [0.15, 0.2) is 29.3 Å². The molecule has 1 amide bonds. The van der Waals surface area contributed by atoms with Crippen molar-refractivity contribution in [2.75, 3.05) is 59.4 Å². The third-order valence-corrected chi connectivity index (χ3v) is 6.81. The van der Waals surface area contributed by atoms with Crippen LogP contribution in [0.1, 0.15) is 31.2 Å². The van der Waals surface area contributed by atoms with Gasteiger partial charge in [-0.05, 0) is 43.4 Å². The molecule has 2 heterocycles. The Kier molecular flexibility index (Phi) is 8.26. The van der Waals surface area contributed by atoms with Crippen LogP contribution in [0.5, 0.6) is 0 Å². The lowest BCUT2D eigenvalue weighted by atomic mass is 9.96. The van der Waals surface area contributed by atoms with Crippen LogP contribution in [0.25, 0.3) is 0 Å². The summed E-state index contributed by atoms with van der Waals surface area (Å²) < 4.78 is 0. The zero-order valence-electron chi connectivity index (χ0n) is 17.8. The predicted molar refractivity (Wildman–Crippen MR) is 133 cm³/mol. The van der Waals surface area contributed by atoms with Gasteiger partial charge in [0.15, 0.2) is 5.96 Å². The Morgan fingerprint density at radius 2 is 1.80 bits per heavy atom. The van der Waals surface area contributed by atoms with E-state index in [1.165, 1.54) is 18.4 Å². The molecule has 2 aliphatic heterocycles. The number of carbonyl (C=O) groups excluding carboxylic acids is 1. The maximum atomic E-state index is 12.4. The largest absolute Gasteiger partial charge is 0.355 e. The second kappa shape index (κ2) is 10.5. The lowest BCUT2D eigenvalue weighted by molar-refractivity contribution is -0.131. The molecule has 0 unspecified atom stereocenters. The molecule has 2 saturated heterocycles. The van der Waals surface area contributed by atoms with Gasteiger partial charge in [-0.1, -0.05) is 23.7 Å². The molecule has 0 bridgehead atoms. The van der Waals surface area contributed by atoms with Gasteiger partial charge in [-0.2, -0.15) is 0 Å². The number of rotatable bonds is 5. The lowest BCUT2D eigenvalue weighted by Crippen LogP contribution is -2.54. The van der Waals surface area contributed by atoms with Crippen molar-refractivity contribution >= 4 is 47.4 Å². The first-order chi connectivity index (χ1) is 14.1. The van der Waals surface area contributed by atoms with Crippen LogP contribution in [0.2, 0.25) is 5.02 Å². The van der Waals surface area contributed by atoms with Gasteiger partial charge in [0.2, 0.25) is 5.91 Å². The van der Waals surface area contributed by atoms with Crippen molar-refractivity contribution in [3.63, 3.8) is 0 Å². The highest BCUT2D eigenvalue weighted by Crippen LogP contribution is 2.48. The molecule has 3 aliphatic rings. The molecule has 0 aromatic heterocycles. The number of amides is 1. The van der Waals surface area contributed by atoms with Gasteiger partial charge in [0.25, 0.3) is 0 Å². The molecule has 1 aromatic rings. The second-order valence-corrected chi connectivity index (χ2v) is 8.98. The van der Waals surface area contributed by atoms with Crippen molar-refractivity contribution in [1.29, 1.82) is 0 Å². The summed E-state index contributed by atoms with van der Waals surface area (Å²) in [5.41, 5.74) is 1.50. The fourth-order valence-electron chi connectivity index (χ4n) is 4.49. The number of likely N-dealkylation sites (tertiary alicyclic amines) is 1. The minimum Gasteiger partial charge on any atom is -0.355 e. The van der Waals surface area contributed by atoms with E-state index in [1.807, 2.05) is 24.1 Å². The molecule has 0 spiro atoms. The Morgan fingerprint density at radius 3 is 2.40 bits per heavy atom. The number of nitrogens with zero attached hydrogens (tertiary/aromatic N) is 4. The Bertz CT molecular complexity index is 756. The summed E-state index contributed by atoms with van der Waals surface area (Å²) >= 11 is 6.20. The average Bonchev–Trinajstić information content (AvgIpc) is 3.32. The molecule has 6 nitrogen and oxygen atoms in total. The van der Waals surface area contributed by atoms with Gasteiger partial charge in [0.05, 0.1) is 6.54 Å². The number of hydrogen-bond donors (Lipinski definition) is 1. The van der Waals surface area contributed by atoms with E-state index in [9.17, 15) is 4.79 Å². The van der Waals surface area contributed by atoms with E-state index in [0.29, 0.717) is 6.54 Å². The Balaban J connectivity index is 0.00000256. The normalized spacial score (nSPS) is 21.3. The van der Waals surface area contributed by atoms with Gasteiger partial charge in [-0.15, -0.1) is 24.0 Å². The van der Waals surface area contributed by atoms with E-state index in [4.69, 9.17) is 11.6 Å². The quantitative estimate of drug-likeness (QED) is 0.351. The Morgan fingerprint density at radius 1 is 1.10 bits per heavy atom. The number of guanidine groups is 1. The predicted octanol–water partition coefficient (Wildman–Crippen LogP) is 2.81. The molecule has 1 aliphatic carbocycles. The molecule has 1 aromatic carbocycles. The zero-order valence-corrected chi connectivity index (χ0v) is 20.9. The van der Waals surface area contributed by atoms with Gasteiger partial charge in [0.1, 0.15) is 0 Å². The van der Waals surface area contributed by atoms with Crippen molar-refractivity contribution in [2.24, 2.45) is 4.99 Å². The first kappa shape index (κ1) is 23.6. The van der Waals surface area contributed by atoms with Crippen molar-refractivity contribution < 1.29 is 4.79 Å². The highest BCUT2D eigenvalue weighted by Gasteiger charge is 2.44. The number of halogens is 2. The molecular formula is C22H33ClIN5O. The van der Waals surface area contributed by atoms with Gasteiger partial charge in [0, 0.05) is 63.3 Å². The summed E-state index contributed by atoms with van der Waals surface area (Å²) in [6.07, 6.45) is 4.67. The number of hydrogen-bond acceptors (Lipinski definition) is 3. The summed E-state index contributed by atoms with van der Waals surface area (Å²) in [5.74, 6) is 1.25. The van der Waals surface area contributed by atoms with E-state index in [2.05, 4.69) is 32.2 Å². The van der Waals surface area contributed by atoms with Crippen molar-refractivity contribution in [3.05, 3.63) is 34.9 Å². The number of piperazine rings is 1. The third-order valence-electron chi connectivity index (χ3n) is 6.58. The summed E-state index contributed by atoms with van der Waals surface area (Å²) in [5, 5.41) is 4.40. The smallest absolute Gasteiger partial charge is 0.236 e. The number of nitrogens with one attached hydrogen (secondary N) is 1. The molecule has 30 heavy (non-hydrogen) atoms. The topological polar surface area (TPSA) is 51.2 Å². The van der Waals surface area contributed by atoms with Crippen LogP contribution < -0.4 is 5.32 Å². The molecule has 1 saturated carbocycles. The van der Waals surface area contributed by atoms with E-state index >= 15 is 0 Å². The Hall–Kier alpha value is -1.06. The number of benzene rings is 1. The first-order valence-electron chi connectivity index (χ1n) is 10.8. The second-order valence-electron chi connectivity index (χ2n) is 8.54. The standard InChI is InChI=1S/C22H32ClN5O.HI/c1-24-21(25-17-22(7-8-22)18-5-4-6-19(23)15-18)28-13-11-26(12-14-28)16-20(29)27-9-2-3-10-27;/h4-6,15H,2-3,7-14,16-17H2,1H3,(H,24,25);1H. The van der Waals surface area contributed by atoms with E-state index in [0.717, 1.165) is 69.6 Å². The fraction of sp³-hybridized carbons (Fsp3) is 0.636. The fourth-order valence-corrected chi connectivity index (χ4v) is 4.68. The SMILES string of the molecule is CN=C(NCC1(c2cccc(Cl)c2)CC1)N1CCN(CC(=O)N2CCCC2)CC1.I. The van der Waals surface area contributed by atoms with Gasteiger partial charge in [-0.3, -0.25) is 14.7 Å². The monoisotopic (exact) mass is 545 g/mol. The summed E-state index contributed by atoms with van der Waals surface area (Å²) in [7, 11) is 1.85. The molecule has 166 valence electrons. The zero-order chi connectivity index (χ0) is 20.3. The van der Waals surface area contributed by atoms with E-state index in [1.54, 1.807) is 0 Å². The highest BCUT2D eigenvalue weighted by atomic mass is 127. The minimum atomic E-state index is 0. The third kappa shape index (κ3) is 5.59. The van der Waals surface area contributed by atoms with Crippen LogP contribution in [0, 0.1) is 0 Å². The van der Waals surface area contributed by atoms with Gasteiger partial charge < -0.3 is 15.1 Å². The van der Waals surface area contributed by atoms with Crippen LogP contribution in [-0.2, 0) is 10.2 Å².